The highest BCUT2D eigenvalue weighted by atomic mass is 16.5. The second-order valence-corrected chi connectivity index (χ2v) is 8.20. The molecule has 1 amide bonds. The Labute approximate surface area is 189 Å². The second-order valence-electron chi connectivity index (χ2n) is 8.20. The lowest BCUT2D eigenvalue weighted by Gasteiger charge is -2.12. The van der Waals surface area contributed by atoms with Gasteiger partial charge in [0.25, 0.3) is 5.91 Å². The van der Waals surface area contributed by atoms with Crippen LogP contribution in [0.25, 0.3) is 21.9 Å². The highest BCUT2D eigenvalue weighted by Crippen LogP contribution is 2.23. The van der Waals surface area contributed by atoms with Crippen molar-refractivity contribution in [1.82, 2.24) is 10.2 Å². The molecule has 0 radical (unpaired) electrons. The van der Waals surface area contributed by atoms with Crippen molar-refractivity contribution in [1.29, 1.82) is 0 Å². The first-order chi connectivity index (χ1) is 15.5. The molecule has 4 heteroatoms. The fraction of sp³-hybridized carbons (Fsp3) is 0.179. The summed E-state index contributed by atoms with van der Waals surface area (Å²) in [5, 5.41) is 5.43. The molecule has 32 heavy (non-hydrogen) atoms. The topological polar surface area (TPSA) is 41.6 Å². The van der Waals surface area contributed by atoms with Gasteiger partial charge in [-0.05, 0) is 77.5 Å². The van der Waals surface area contributed by atoms with Crippen LogP contribution in [0.1, 0.15) is 21.5 Å². The van der Waals surface area contributed by atoms with Crippen LogP contribution in [0, 0.1) is 0 Å². The first-order valence-electron chi connectivity index (χ1n) is 10.7. The Morgan fingerprint density at radius 3 is 2.22 bits per heavy atom. The smallest absolute Gasteiger partial charge is 0.251 e. The summed E-state index contributed by atoms with van der Waals surface area (Å²) in [5.74, 6) is 0.750. The largest absolute Gasteiger partial charge is 0.497 e. The molecule has 0 fully saturated rings. The minimum atomic E-state index is -0.0764. The van der Waals surface area contributed by atoms with E-state index in [0.717, 1.165) is 29.0 Å². The third-order valence-corrected chi connectivity index (χ3v) is 5.54. The van der Waals surface area contributed by atoms with E-state index in [4.69, 9.17) is 4.74 Å². The lowest BCUT2D eigenvalue weighted by molar-refractivity contribution is 0.0951. The number of nitrogens with zero attached hydrogens (tertiary/aromatic N) is 1. The zero-order chi connectivity index (χ0) is 22.5. The summed E-state index contributed by atoms with van der Waals surface area (Å²) in [7, 11) is 5.79. The maximum atomic E-state index is 12.7. The van der Waals surface area contributed by atoms with E-state index in [1.807, 2.05) is 54.6 Å². The molecule has 0 spiro atoms. The Morgan fingerprint density at radius 2 is 1.56 bits per heavy atom. The molecule has 0 aliphatic carbocycles. The number of hydrogen-bond donors (Lipinski definition) is 1. The first-order valence-corrected chi connectivity index (χ1v) is 10.7. The van der Waals surface area contributed by atoms with Crippen LogP contribution in [0.2, 0.25) is 0 Å². The van der Waals surface area contributed by atoms with Crippen molar-refractivity contribution >= 4 is 16.7 Å². The highest BCUT2D eigenvalue weighted by Gasteiger charge is 2.08. The Kier molecular flexibility index (Phi) is 6.52. The van der Waals surface area contributed by atoms with Crippen LogP contribution in [0.3, 0.4) is 0 Å². The number of ether oxygens (including phenoxy) is 1. The van der Waals surface area contributed by atoms with E-state index >= 15 is 0 Å². The summed E-state index contributed by atoms with van der Waals surface area (Å²) in [5.41, 5.74) is 5.19. The van der Waals surface area contributed by atoms with Gasteiger partial charge in [0.1, 0.15) is 5.75 Å². The second kappa shape index (κ2) is 9.67. The Balaban J connectivity index is 1.44. The molecule has 0 aromatic heterocycles. The molecule has 0 atom stereocenters. The molecule has 4 aromatic carbocycles. The summed E-state index contributed by atoms with van der Waals surface area (Å²) in [6, 6.07) is 28.3. The van der Waals surface area contributed by atoms with Gasteiger partial charge < -0.3 is 15.0 Å². The van der Waals surface area contributed by atoms with Gasteiger partial charge in [-0.3, -0.25) is 4.79 Å². The molecule has 0 aliphatic rings. The van der Waals surface area contributed by atoms with Crippen molar-refractivity contribution in [3.8, 4) is 16.9 Å². The number of hydrogen-bond acceptors (Lipinski definition) is 3. The van der Waals surface area contributed by atoms with E-state index in [1.54, 1.807) is 7.11 Å². The average Bonchev–Trinajstić information content (AvgIpc) is 2.82. The fourth-order valence-corrected chi connectivity index (χ4v) is 3.89. The lowest BCUT2D eigenvalue weighted by Crippen LogP contribution is -2.22. The molecular formula is C28H28N2O2. The molecule has 4 rings (SSSR count). The van der Waals surface area contributed by atoms with Gasteiger partial charge in [-0.25, -0.2) is 0 Å². The van der Waals surface area contributed by atoms with Gasteiger partial charge in [-0.15, -0.1) is 0 Å². The molecule has 4 aromatic rings. The van der Waals surface area contributed by atoms with Gasteiger partial charge in [-0.2, -0.15) is 0 Å². The van der Waals surface area contributed by atoms with Gasteiger partial charge >= 0.3 is 0 Å². The number of fused-ring (bicyclic) bond motifs is 1. The molecular weight excluding hydrogens is 396 g/mol. The van der Waals surface area contributed by atoms with Gasteiger partial charge in [0.05, 0.1) is 7.11 Å². The summed E-state index contributed by atoms with van der Waals surface area (Å²) < 4.78 is 5.21. The average molecular weight is 425 g/mol. The van der Waals surface area contributed by atoms with Gasteiger partial charge in [0.15, 0.2) is 0 Å². The first kappa shape index (κ1) is 21.6. The Hall–Kier alpha value is -3.63. The van der Waals surface area contributed by atoms with E-state index < -0.39 is 0 Å². The van der Waals surface area contributed by atoms with Crippen molar-refractivity contribution in [2.75, 3.05) is 21.2 Å². The zero-order valence-corrected chi connectivity index (χ0v) is 18.8. The number of carbonyl (C=O) groups excluding carboxylic acids is 1. The van der Waals surface area contributed by atoms with E-state index in [2.05, 4.69) is 54.6 Å². The zero-order valence-electron chi connectivity index (χ0n) is 18.8. The number of carbonyl (C=O) groups is 1. The maximum absolute atomic E-state index is 12.7. The van der Waals surface area contributed by atoms with Crippen molar-refractivity contribution in [3.05, 3.63) is 102 Å². The third kappa shape index (κ3) is 4.98. The van der Waals surface area contributed by atoms with Crippen molar-refractivity contribution in [3.63, 3.8) is 0 Å². The lowest BCUT2D eigenvalue weighted by atomic mass is 10.0. The van der Waals surface area contributed by atoms with Crippen LogP contribution < -0.4 is 10.1 Å². The molecule has 4 nitrogen and oxygen atoms in total. The molecule has 0 unspecified atom stereocenters. The number of benzene rings is 4. The number of rotatable bonds is 7. The SMILES string of the molecule is COc1ccc(-c2ccc(C(=O)NCc3cccc4cc(CN(C)C)ccc34)cc2)cc1. The van der Waals surface area contributed by atoms with Gasteiger partial charge in [-0.1, -0.05) is 54.6 Å². The summed E-state index contributed by atoms with van der Waals surface area (Å²) >= 11 is 0. The van der Waals surface area contributed by atoms with E-state index in [-0.39, 0.29) is 5.91 Å². The quantitative estimate of drug-likeness (QED) is 0.425. The highest BCUT2D eigenvalue weighted by molar-refractivity contribution is 5.95. The van der Waals surface area contributed by atoms with Crippen LogP contribution in [0.15, 0.2) is 84.9 Å². The normalized spacial score (nSPS) is 11.0. The standard InChI is InChI=1S/C28H28N2O2/c1-30(2)19-20-7-16-27-24(17-20)5-4-6-25(27)18-29-28(31)23-10-8-21(9-11-23)22-12-14-26(32-3)15-13-22/h4-17H,18-19H2,1-3H3,(H,29,31). The molecule has 0 bridgehead atoms. The van der Waals surface area contributed by atoms with Crippen molar-refractivity contribution in [2.45, 2.75) is 13.1 Å². The molecule has 0 saturated heterocycles. The maximum Gasteiger partial charge on any atom is 0.251 e. The van der Waals surface area contributed by atoms with Crippen LogP contribution in [-0.4, -0.2) is 32.0 Å². The van der Waals surface area contributed by atoms with Gasteiger partial charge in [0, 0.05) is 18.7 Å². The van der Waals surface area contributed by atoms with Crippen LogP contribution in [0.5, 0.6) is 5.75 Å². The molecule has 0 aliphatic heterocycles. The minimum Gasteiger partial charge on any atom is -0.497 e. The fourth-order valence-electron chi connectivity index (χ4n) is 3.89. The summed E-state index contributed by atoms with van der Waals surface area (Å²) in [4.78, 5) is 14.9. The van der Waals surface area contributed by atoms with Gasteiger partial charge in [0.2, 0.25) is 0 Å². The molecule has 0 heterocycles. The van der Waals surface area contributed by atoms with E-state index in [1.165, 1.54) is 16.3 Å². The monoisotopic (exact) mass is 424 g/mol. The third-order valence-electron chi connectivity index (χ3n) is 5.54. The summed E-state index contributed by atoms with van der Waals surface area (Å²) in [6.45, 7) is 1.40. The number of methoxy groups -OCH3 is 1. The van der Waals surface area contributed by atoms with Crippen LogP contribution in [0.4, 0.5) is 0 Å². The molecule has 162 valence electrons. The molecule has 1 N–H and O–H groups in total. The van der Waals surface area contributed by atoms with E-state index in [9.17, 15) is 4.79 Å². The predicted molar refractivity (Wildman–Crippen MR) is 131 cm³/mol. The Morgan fingerprint density at radius 1 is 0.875 bits per heavy atom. The molecule has 0 saturated carbocycles. The van der Waals surface area contributed by atoms with Crippen LogP contribution >= 0.6 is 0 Å². The summed E-state index contributed by atoms with van der Waals surface area (Å²) in [6.07, 6.45) is 0. The van der Waals surface area contributed by atoms with Crippen LogP contribution in [-0.2, 0) is 13.1 Å². The number of nitrogens with one attached hydrogen (secondary N) is 1. The predicted octanol–water partition coefficient (Wildman–Crippen LogP) is 5.51. The Bertz CT molecular complexity index is 1210. The minimum absolute atomic E-state index is 0.0764. The van der Waals surface area contributed by atoms with Crippen molar-refractivity contribution in [2.24, 2.45) is 0 Å². The van der Waals surface area contributed by atoms with E-state index in [0.29, 0.717) is 12.1 Å². The van der Waals surface area contributed by atoms with Crippen molar-refractivity contribution < 1.29 is 9.53 Å². The number of amides is 1.